The van der Waals surface area contributed by atoms with Crippen molar-refractivity contribution in [2.24, 2.45) is 5.92 Å². The number of ether oxygens (including phenoxy) is 2. The molecule has 19 heavy (non-hydrogen) atoms. The van der Waals surface area contributed by atoms with Crippen LogP contribution in [0.3, 0.4) is 0 Å². The zero-order valence-electron chi connectivity index (χ0n) is 14.0. The molecule has 0 saturated carbocycles. The molecule has 0 aromatic carbocycles. The number of hydrogen-bond donors (Lipinski definition) is 0. The van der Waals surface area contributed by atoms with Gasteiger partial charge in [0.05, 0.1) is 5.60 Å². The average Bonchev–Trinajstić information content (AvgIpc) is 2.30. The highest BCUT2D eigenvalue weighted by atomic mass is 28.4. The van der Waals surface area contributed by atoms with Gasteiger partial charge in [-0.2, -0.15) is 0 Å². The van der Waals surface area contributed by atoms with Crippen LogP contribution in [0.1, 0.15) is 33.6 Å². The van der Waals surface area contributed by atoms with E-state index in [9.17, 15) is 0 Å². The first-order valence-corrected chi connectivity index (χ1v) is 10.5. The molecule has 0 aromatic heterocycles. The smallest absolute Gasteiger partial charge is 0.184 e. The fourth-order valence-corrected chi connectivity index (χ4v) is 4.26. The molecule has 0 aromatic rings. The quantitative estimate of drug-likeness (QED) is 0.361. The molecule has 0 heterocycles. The molecule has 0 rings (SSSR count). The minimum absolute atomic E-state index is 0.189. The van der Waals surface area contributed by atoms with Gasteiger partial charge in [-0.25, -0.2) is 0 Å². The summed E-state index contributed by atoms with van der Waals surface area (Å²) in [4.78, 5) is 0. The van der Waals surface area contributed by atoms with Gasteiger partial charge in [-0.3, -0.25) is 0 Å². The van der Waals surface area contributed by atoms with Gasteiger partial charge in [-0.15, -0.1) is 0 Å². The number of hydrogen-bond acceptors (Lipinski definition) is 3. The maximum absolute atomic E-state index is 6.52. The lowest BCUT2D eigenvalue weighted by Crippen LogP contribution is -2.48. The van der Waals surface area contributed by atoms with Crippen LogP contribution in [0.15, 0.2) is 12.2 Å². The fourth-order valence-electron chi connectivity index (χ4n) is 2.64. The predicted molar refractivity (Wildman–Crippen MR) is 83.9 cm³/mol. The molecule has 3 nitrogen and oxygen atoms in total. The van der Waals surface area contributed by atoms with Crippen LogP contribution in [0.25, 0.3) is 0 Å². The van der Waals surface area contributed by atoms with E-state index in [0.29, 0.717) is 5.92 Å². The van der Waals surface area contributed by atoms with Crippen LogP contribution in [-0.2, 0) is 13.9 Å². The molecule has 0 aliphatic rings. The maximum Gasteiger partial charge on any atom is 0.184 e. The summed E-state index contributed by atoms with van der Waals surface area (Å²) >= 11 is 0. The Kier molecular flexibility index (Phi) is 7.51. The number of methoxy groups -OCH3 is 2. The molecule has 0 unspecified atom stereocenters. The number of rotatable bonds is 9. The highest BCUT2D eigenvalue weighted by molar-refractivity contribution is 6.69. The van der Waals surface area contributed by atoms with E-state index in [2.05, 4.69) is 47.0 Å². The molecule has 0 fully saturated rings. The van der Waals surface area contributed by atoms with Gasteiger partial charge >= 0.3 is 0 Å². The molecule has 0 amide bonds. The van der Waals surface area contributed by atoms with E-state index in [0.717, 1.165) is 18.4 Å². The Morgan fingerprint density at radius 1 is 1.21 bits per heavy atom. The molecule has 0 bridgehead atoms. The van der Waals surface area contributed by atoms with Gasteiger partial charge in [-0.1, -0.05) is 20.4 Å². The first kappa shape index (κ1) is 18.8. The molecule has 0 spiro atoms. The van der Waals surface area contributed by atoms with Crippen LogP contribution in [0.5, 0.6) is 0 Å². The Morgan fingerprint density at radius 2 is 1.68 bits per heavy atom. The molecule has 0 aliphatic carbocycles. The second-order valence-electron chi connectivity index (χ2n) is 6.28. The summed E-state index contributed by atoms with van der Waals surface area (Å²) in [5, 5.41) is 0. The lowest BCUT2D eigenvalue weighted by Gasteiger charge is -2.44. The molecule has 2 atom stereocenters. The molecule has 0 aliphatic heterocycles. The molecule has 114 valence electrons. The summed E-state index contributed by atoms with van der Waals surface area (Å²) in [7, 11) is 1.70. The minimum atomic E-state index is -1.65. The van der Waals surface area contributed by atoms with Crippen molar-refractivity contribution >= 4 is 8.32 Å². The molecule has 0 saturated heterocycles. The van der Waals surface area contributed by atoms with Crippen molar-refractivity contribution in [3.63, 3.8) is 0 Å². The van der Waals surface area contributed by atoms with Gasteiger partial charge in [0.2, 0.25) is 0 Å². The Hall–Kier alpha value is -0.163. The lowest BCUT2D eigenvalue weighted by atomic mass is 9.79. The highest BCUT2D eigenvalue weighted by Gasteiger charge is 2.41. The Labute approximate surface area is 120 Å². The first-order chi connectivity index (χ1) is 8.62. The SMILES string of the molecule is C=C(C)[C@](CC)(O[Si](C)(C)C)[C@H](C)CC(OC)OC. The van der Waals surface area contributed by atoms with Crippen molar-refractivity contribution in [1.29, 1.82) is 0 Å². The van der Waals surface area contributed by atoms with E-state index < -0.39 is 8.32 Å². The van der Waals surface area contributed by atoms with Gasteiger partial charge in [0.15, 0.2) is 14.6 Å². The molecule has 4 heteroatoms. The average molecular weight is 289 g/mol. The van der Waals surface area contributed by atoms with Crippen molar-refractivity contribution in [2.75, 3.05) is 14.2 Å². The normalized spacial score (nSPS) is 17.3. The van der Waals surface area contributed by atoms with Gasteiger partial charge in [0.25, 0.3) is 0 Å². The van der Waals surface area contributed by atoms with E-state index in [1.807, 2.05) is 0 Å². The lowest BCUT2D eigenvalue weighted by molar-refractivity contribution is -0.126. The summed E-state index contributed by atoms with van der Waals surface area (Å²) in [5.74, 6) is 0.298. The summed E-state index contributed by atoms with van der Waals surface area (Å²) in [5.41, 5.74) is 0.815. The molecular formula is C15H32O3Si. The monoisotopic (exact) mass is 288 g/mol. The van der Waals surface area contributed by atoms with Gasteiger partial charge < -0.3 is 13.9 Å². The van der Waals surface area contributed by atoms with E-state index in [1.165, 1.54) is 0 Å². The van der Waals surface area contributed by atoms with Crippen molar-refractivity contribution in [3.05, 3.63) is 12.2 Å². The third kappa shape index (κ3) is 5.38. The highest BCUT2D eigenvalue weighted by Crippen LogP contribution is 2.38. The zero-order valence-corrected chi connectivity index (χ0v) is 15.0. The Morgan fingerprint density at radius 3 is 1.95 bits per heavy atom. The summed E-state index contributed by atoms with van der Waals surface area (Å²) in [6, 6.07) is 0. The third-order valence-electron chi connectivity index (χ3n) is 3.60. The van der Waals surface area contributed by atoms with Crippen LogP contribution in [0.2, 0.25) is 19.6 Å². The topological polar surface area (TPSA) is 27.7 Å². The standard InChI is InChI=1S/C15H32O3Si/c1-10-15(12(2)3,18-19(7,8)9)13(4)11-14(16-5)17-6/h13-14H,2,10-11H2,1,3-9H3/t13-,15+/m1/s1. The maximum atomic E-state index is 6.52. The summed E-state index contributed by atoms with van der Waals surface area (Å²) in [6.07, 6.45) is 1.54. The minimum Gasteiger partial charge on any atom is -0.408 e. The van der Waals surface area contributed by atoms with Crippen LogP contribution in [0, 0.1) is 5.92 Å². The van der Waals surface area contributed by atoms with E-state index in [-0.39, 0.29) is 11.9 Å². The Balaban J connectivity index is 5.17. The third-order valence-corrected chi connectivity index (χ3v) is 4.58. The molecule has 0 N–H and O–H groups in total. The van der Waals surface area contributed by atoms with Crippen molar-refractivity contribution < 1.29 is 13.9 Å². The van der Waals surface area contributed by atoms with Crippen LogP contribution in [-0.4, -0.2) is 34.4 Å². The van der Waals surface area contributed by atoms with Crippen LogP contribution < -0.4 is 0 Å². The Bertz CT molecular complexity index is 282. The molecular weight excluding hydrogens is 256 g/mol. The van der Waals surface area contributed by atoms with E-state index in [4.69, 9.17) is 13.9 Å². The van der Waals surface area contributed by atoms with Gasteiger partial charge in [0.1, 0.15) is 0 Å². The second-order valence-corrected chi connectivity index (χ2v) is 10.7. The van der Waals surface area contributed by atoms with E-state index in [1.54, 1.807) is 14.2 Å². The van der Waals surface area contributed by atoms with Crippen LogP contribution >= 0.6 is 0 Å². The van der Waals surface area contributed by atoms with Gasteiger partial charge in [0, 0.05) is 20.6 Å². The second kappa shape index (κ2) is 7.57. The largest absolute Gasteiger partial charge is 0.408 e. The predicted octanol–water partition coefficient (Wildman–Crippen LogP) is 4.21. The van der Waals surface area contributed by atoms with Crippen LogP contribution in [0.4, 0.5) is 0 Å². The zero-order chi connectivity index (χ0) is 15.3. The molecule has 0 radical (unpaired) electrons. The van der Waals surface area contributed by atoms with Gasteiger partial charge in [-0.05, 0) is 44.5 Å². The first-order valence-electron chi connectivity index (χ1n) is 7.04. The van der Waals surface area contributed by atoms with Crippen molar-refractivity contribution in [3.8, 4) is 0 Å². The fraction of sp³-hybridized carbons (Fsp3) is 0.867. The summed E-state index contributed by atoms with van der Waals surface area (Å²) in [6.45, 7) is 17.3. The summed E-state index contributed by atoms with van der Waals surface area (Å²) < 4.78 is 17.2. The van der Waals surface area contributed by atoms with E-state index >= 15 is 0 Å². The van der Waals surface area contributed by atoms with Crippen molar-refractivity contribution in [2.45, 2.75) is 65.1 Å². The van der Waals surface area contributed by atoms with Crippen molar-refractivity contribution in [1.82, 2.24) is 0 Å².